The minimum Gasteiger partial charge on any atom is -0.478 e. The number of pyridine rings is 1. The van der Waals surface area contributed by atoms with Crippen LogP contribution >= 0.6 is 11.6 Å². The van der Waals surface area contributed by atoms with Crippen molar-refractivity contribution in [2.24, 2.45) is 15.9 Å². The third kappa shape index (κ3) is 5.69. The minimum absolute atomic E-state index is 0.0710. The van der Waals surface area contributed by atoms with E-state index in [0.29, 0.717) is 36.2 Å². The summed E-state index contributed by atoms with van der Waals surface area (Å²) >= 11 is 6.00. The fraction of sp³-hybridized carbons (Fsp3) is 0.619. The number of rotatable bonds is 6. The maximum atomic E-state index is 11.9. The number of alkyl halides is 1. The molecule has 2 aliphatic rings. The van der Waals surface area contributed by atoms with Gasteiger partial charge in [0.25, 0.3) is 5.91 Å². The number of piperidine rings is 1. The Morgan fingerprint density at radius 3 is 2.72 bits per heavy atom. The largest absolute Gasteiger partial charge is 0.478 e. The first kappa shape index (κ1) is 21.6. The molecule has 0 bridgehead atoms. The first-order valence-electron chi connectivity index (χ1n) is 10.3. The SMILES string of the molecule is CNC(=O)c1c(C)cc(OCCCC2CCN(C3=NCC(Cl)C=N3)CC2)nc1C. The maximum Gasteiger partial charge on any atom is 0.253 e. The van der Waals surface area contributed by atoms with Crippen molar-refractivity contribution in [3.8, 4) is 5.88 Å². The fourth-order valence-corrected chi connectivity index (χ4v) is 4.02. The van der Waals surface area contributed by atoms with Gasteiger partial charge in [-0.15, -0.1) is 11.6 Å². The number of carbonyl (C=O) groups is 1. The Morgan fingerprint density at radius 1 is 1.34 bits per heavy atom. The van der Waals surface area contributed by atoms with E-state index in [1.54, 1.807) is 13.3 Å². The lowest BCUT2D eigenvalue weighted by molar-refractivity contribution is 0.0961. The van der Waals surface area contributed by atoms with Crippen molar-refractivity contribution < 1.29 is 9.53 Å². The van der Waals surface area contributed by atoms with Crippen LogP contribution in [-0.4, -0.2) is 66.6 Å². The quantitative estimate of drug-likeness (QED) is 0.567. The molecule has 1 unspecified atom stereocenters. The highest BCUT2D eigenvalue weighted by molar-refractivity contribution is 6.29. The number of carbonyl (C=O) groups excluding carboxylic acids is 1. The molecular formula is C21H30ClN5O2. The Hall–Kier alpha value is -2.15. The Labute approximate surface area is 177 Å². The van der Waals surface area contributed by atoms with Crippen molar-refractivity contribution in [1.82, 2.24) is 15.2 Å². The standard InChI is InChI=1S/C21H30ClN5O2/c1-14-11-18(26-15(2)19(14)20(28)23-3)29-10-4-5-16-6-8-27(9-7-16)21-24-12-17(22)13-25-21/h11-12,16-17H,4-10,13H2,1-3H3,(H,23,28). The van der Waals surface area contributed by atoms with Gasteiger partial charge < -0.3 is 15.0 Å². The van der Waals surface area contributed by atoms with Crippen molar-refractivity contribution in [3.63, 3.8) is 0 Å². The van der Waals surface area contributed by atoms with Crippen LogP contribution in [0.25, 0.3) is 0 Å². The van der Waals surface area contributed by atoms with Gasteiger partial charge in [0.1, 0.15) is 0 Å². The monoisotopic (exact) mass is 419 g/mol. The number of nitrogens with one attached hydrogen (secondary N) is 1. The summed E-state index contributed by atoms with van der Waals surface area (Å²) in [5.41, 5.74) is 2.20. The highest BCUT2D eigenvalue weighted by atomic mass is 35.5. The van der Waals surface area contributed by atoms with Crippen LogP contribution in [0.4, 0.5) is 0 Å². The second-order valence-corrected chi connectivity index (χ2v) is 8.23. The normalized spacial score (nSPS) is 19.8. The van der Waals surface area contributed by atoms with Crippen LogP contribution in [0.15, 0.2) is 16.1 Å². The molecule has 1 aromatic rings. The summed E-state index contributed by atoms with van der Waals surface area (Å²) < 4.78 is 5.85. The maximum absolute atomic E-state index is 11.9. The van der Waals surface area contributed by atoms with E-state index in [1.807, 2.05) is 19.9 Å². The highest BCUT2D eigenvalue weighted by Crippen LogP contribution is 2.23. The molecule has 8 heteroatoms. The average molecular weight is 420 g/mol. The highest BCUT2D eigenvalue weighted by Gasteiger charge is 2.22. The summed E-state index contributed by atoms with van der Waals surface area (Å²) in [6, 6.07) is 1.84. The molecule has 1 aromatic heterocycles. The smallest absolute Gasteiger partial charge is 0.253 e. The fourth-order valence-electron chi connectivity index (χ4n) is 3.89. The van der Waals surface area contributed by atoms with E-state index in [9.17, 15) is 4.79 Å². The molecule has 0 aromatic carbocycles. The van der Waals surface area contributed by atoms with Crippen LogP contribution in [0, 0.1) is 19.8 Å². The predicted octanol–water partition coefficient (Wildman–Crippen LogP) is 2.98. The molecule has 0 spiro atoms. The van der Waals surface area contributed by atoms with Gasteiger partial charge in [-0.25, -0.2) is 15.0 Å². The van der Waals surface area contributed by atoms with Crippen LogP contribution in [-0.2, 0) is 0 Å². The van der Waals surface area contributed by atoms with Gasteiger partial charge in [0.2, 0.25) is 11.8 Å². The number of hydrogen-bond acceptors (Lipinski definition) is 6. The third-order valence-electron chi connectivity index (χ3n) is 5.49. The van der Waals surface area contributed by atoms with Crippen LogP contribution < -0.4 is 10.1 Å². The van der Waals surface area contributed by atoms with Crippen LogP contribution in [0.2, 0.25) is 0 Å². The number of halogens is 1. The Balaban J connectivity index is 1.39. The molecule has 3 rings (SSSR count). The topological polar surface area (TPSA) is 79.2 Å². The number of likely N-dealkylation sites (tertiary alicyclic amines) is 1. The lowest BCUT2D eigenvalue weighted by Crippen LogP contribution is -2.39. The molecule has 0 saturated carbocycles. The van der Waals surface area contributed by atoms with E-state index in [0.717, 1.165) is 50.3 Å². The Bertz CT molecular complexity index is 764. The minimum atomic E-state index is -0.113. The zero-order chi connectivity index (χ0) is 20.8. The van der Waals surface area contributed by atoms with E-state index in [2.05, 4.69) is 25.2 Å². The number of amides is 1. The lowest BCUT2D eigenvalue weighted by atomic mass is 9.92. The van der Waals surface area contributed by atoms with Gasteiger partial charge in [-0.2, -0.15) is 0 Å². The summed E-state index contributed by atoms with van der Waals surface area (Å²) in [4.78, 5) is 27.4. The molecule has 7 nitrogen and oxygen atoms in total. The van der Waals surface area contributed by atoms with E-state index in [1.165, 1.54) is 0 Å². The van der Waals surface area contributed by atoms with Gasteiger partial charge in [-0.1, -0.05) is 0 Å². The molecule has 1 saturated heterocycles. The molecule has 3 heterocycles. The molecule has 0 radical (unpaired) electrons. The van der Waals surface area contributed by atoms with Crippen LogP contribution in [0.3, 0.4) is 0 Å². The van der Waals surface area contributed by atoms with E-state index >= 15 is 0 Å². The zero-order valence-electron chi connectivity index (χ0n) is 17.4. The molecule has 158 valence electrons. The second kappa shape index (κ2) is 10.1. The van der Waals surface area contributed by atoms with Gasteiger partial charge in [-0.3, -0.25) is 4.79 Å². The van der Waals surface area contributed by atoms with Gasteiger partial charge in [0.05, 0.1) is 29.8 Å². The molecule has 2 aliphatic heterocycles. The van der Waals surface area contributed by atoms with Crippen molar-refractivity contribution in [2.45, 2.75) is 44.9 Å². The number of aromatic nitrogens is 1. The zero-order valence-corrected chi connectivity index (χ0v) is 18.2. The Kier molecular flexibility index (Phi) is 7.47. The summed E-state index contributed by atoms with van der Waals surface area (Å²) in [5.74, 6) is 2.02. The number of hydrogen-bond donors (Lipinski definition) is 1. The summed E-state index contributed by atoms with van der Waals surface area (Å²) in [7, 11) is 1.63. The van der Waals surface area contributed by atoms with Gasteiger partial charge in [0, 0.05) is 32.4 Å². The third-order valence-corrected chi connectivity index (χ3v) is 5.74. The van der Waals surface area contributed by atoms with Gasteiger partial charge in [0.15, 0.2) is 0 Å². The number of guanidine groups is 1. The van der Waals surface area contributed by atoms with Crippen molar-refractivity contribution in [2.75, 3.05) is 33.3 Å². The molecule has 0 aliphatic carbocycles. The summed E-state index contributed by atoms with van der Waals surface area (Å²) in [5, 5.41) is 2.58. The van der Waals surface area contributed by atoms with Gasteiger partial charge >= 0.3 is 0 Å². The van der Waals surface area contributed by atoms with E-state index in [4.69, 9.17) is 16.3 Å². The Morgan fingerprint density at radius 2 is 2.10 bits per heavy atom. The molecule has 1 amide bonds. The molecular weight excluding hydrogens is 390 g/mol. The van der Waals surface area contributed by atoms with Crippen molar-refractivity contribution >= 4 is 29.7 Å². The van der Waals surface area contributed by atoms with Gasteiger partial charge in [-0.05, 0) is 51.0 Å². The van der Waals surface area contributed by atoms with Crippen molar-refractivity contribution in [3.05, 3.63) is 22.9 Å². The molecule has 1 N–H and O–H groups in total. The number of ether oxygens (including phenoxy) is 1. The number of aryl methyl sites for hydroxylation is 2. The second-order valence-electron chi connectivity index (χ2n) is 7.67. The van der Waals surface area contributed by atoms with E-state index < -0.39 is 0 Å². The predicted molar refractivity (Wildman–Crippen MR) is 117 cm³/mol. The number of nitrogens with zero attached hydrogens (tertiary/aromatic N) is 4. The average Bonchev–Trinajstić information content (AvgIpc) is 2.71. The number of aliphatic imine (C=N–C) groups is 2. The first-order valence-corrected chi connectivity index (χ1v) is 10.7. The lowest BCUT2D eigenvalue weighted by Gasteiger charge is -2.33. The summed E-state index contributed by atoms with van der Waals surface area (Å²) in [6.45, 7) is 7.00. The first-order chi connectivity index (χ1) is 14.0. The summed E-state index contributed by atoms with van der Waals surface area (Å²) in [6.07, 6.45) is 6.22. The molecule has 1 atom stereocenters. The molecule has 29 heavy (non-hydrogen) atoms. The van der Waals surface area contributed by atoms with E-state index in [-0.39, 0.29) is 11.3 Å². The molecule has 1 fully saturated rings. The van der Waals surface area contributed by atoms with Crippen LogP contribution in [0.5, 0.6) is 5.88 Å². The van der Waals surface area contributed by atoms with Crippen molar-refractivity contribution in [1.29, 1.82) is 0 Å². The van der Waals surface area contributed by atoms with Crippen LogP contribution in [0.1, 0.15) is 47.3 Å².